The van der Waals surface area contributed by atoms with Gasteiger partial charge in [-0.05, 0) is 74.8 Å². The Kier molecular flexibility index (Phi) is 7.83. The molecule has 40 heavy (non-hydrogen) atoms. The van der Waals surface area contributed by atoms with E-state index in [1.165, 1.54) is 6.07 Å². The second-order valence-electron chi connectivity index (χ2n) is 10.5. The van der Waals surface area contributed by atoms with E-state index in [1.807, 2.05) is 38.1 Å². The lowest BCUT2D eigenvalue weighted by Gasteiger charge is -2.23. The summed E-state index contributed by atoms with van der Waals surface area (Å²) in [6, 6.07) is 17.5. The molecular formula is C31H29F3N4O2. The first kappa shape index (κ1) is 28.6. The van der Waals surface area contributed by atoms with Crippen molar-refractivity contribution < 1.29 is 22.8 Å². The molecule has 0 bridgehead atoms. The van der Waals surface area contributed by atoms with Crippen molar-refractivity contribution in [3.05, 3.63) is 99.9 Å². The Morgan fingerprint density at radius 3 is 2.42 bits per heavy atom. The number of nitriles is 1. The zero-order valence-electron chi connectivity index (χ0n) is 22.4. The highest BCUT2D eigenvalue weighted by molar-refractivity contribution is 6.09. The monoisotopic (exact) mass is 546 g/mol. The summed E-state index contributed by atoms with van der Waals surface area (Å²) >= 11 is 0. The molecule has 1 aromatic heterocycles. The number of nitrogens with zero attached hydrogens (tertiary/aromatic N) is 2. The second-order valence-corrected chi connectivity index (χ2v) is 10.5. The summed E-state index contributed by atoms with van der Waals surface area (Å²) in [7, 11) is 0. The third kappa shape index (κ3) is 5.91. The van der Waals surface area contributed by atoms with Crippen molar-refractivity contribution in [2.75, 3.05) is 0 Å². The van der Waals surface area contributed by atoms with E-state index in [0.29, 0.717) is 29.3 Å². The lowest BCUT2D eigenvalue weighted by atomic mass is 9.84. The normalized spacial score (nSPS) is 16.2. The maximum atomic E-state index is 14.2. The van der Waals surface area contributed by atoms with Gasteiger partial charge >= 0.3 is 6.18 Å². The molecule has 3 aromatic rings. The molecule has 9 heteroatoms. The molecule has 1 unspecified atom stereocenters. The van der Waals surface area contributed by atoms with E-state index in [9.17, 15) is 28.0 Å². The van der Waals surface area contributed by atoms with Crippen LogP contribution in [0.3, 0.4) is 0 Å². The first-order chi connectivity index (χ1) is 18.8. The van der Waals surface area contributed by atoms with Crippen LogP contribution in [0.5, 0.6) is 0 Å². The molecule has 0 radical (unpaired) electrons. The van der Waals surface area contributed by atoms with Gasteiger partial charge in [-0.25, -0.2) is 4.98 Å². The van der Waals surface area contributed by atoms with Crippen LogP contribution in [0.15, 0.2) is 77.5 Å². The molecule has 1 atom stereocenters. The summed E-state index contributed by atoms with van der Waals surface area (Å²) in [4.78, 5) is 29.5. The smallest absolute Gasteiger partial charge is 0.364 e. The van der Waals surface area contributed by atoms with Gasteiger partial charge in [0.2, 0.25) is 0 Å². The Balaban J connectivity index is 1.73. The molecule has 1 aliphatic rings. The Morgan fingerprint density at radius 2 is 1.80 bits per heavy atom. The second kappa shape index (κ2) is 11.0. The predicted octanol–water partition coefficient (Wildman–Crippen LogP) is 6.28. The number of benzene rings is 2. The molecule has 0 saturated carbocycles. The van der Waals surface area contributed by atoms with Crippen LogP contribution in [0, 0.1) is 17.2 Å². The Hall–Kier alpha value is -4.45. The van der Waals surface area contributed by atoms with Crippen LogP contribution in [0.2, 0.25) is 0 Å². The maximum Gasteiger partial charge on any atom is 0.418 e. The number of hydrogen-bond donors (Lipinski definition) is 2. The molecule has 0 saturated heterocycles. The molecule has 4 rings (SSSR count). The van der Waals surface area contributed by atoms with E-state index in [0.717, 1.165) is 17.2 Å². The number of amides is 2. The largest absolute Gasteiger partial charge is 0.418 e. The SMILES string of the molecule is CC1=C(NC(=O)c2cc(C(N)=O)nc3ccccc23)C(C(F)(F)F)=CCCC1Cc1ccc(C(C)(C)C#N)cc1. The number of aromatic nitrogens is 1. The lowest BCUT2D eigenvalue weighted by molar-refractivity contribution is -0.0900. The summed E-state index contributed by atoms with van der Waals surface area (Å²) in [6.07, 6.45) is -2.47. The molecule has 3 N–H and O–H groups in total. The first-order valence-corrected chi connectivity index (χ1v) is 12.8. The molecule has 1 heterocycles. The Labute approximate surface area is 230 Å². The Morgan fingerprint density at radius 1 is 1.12 bits per heavy atom. The first-order valence-electron chi connectivity index (χ1n) is 12.8. The highest BCUT2D eigenvalue weighted by Crippen LogP contribution is 2.38. The predicted molar refractivity (Wildman–Crippen MR) is 146 cm³/mol. The van der Waals surface area contributed by atoms with Crippen LogP contribution in [0.1, 0.15) is 65.6 Å². The fourth-order valence-electron chi connectivity index (χ4n) is 4.92. The van der Waals surface area contributed by atoms with Crippen LogP contribution in [-0.4, -0.2) is 23.0 Å². The number of halogens is 3. The minimum atomic E-state index is -4.69. The van der Waals surface area contributed by atoms with Gasteiger partial charge in [-0.15, -0.1) is 0 Å². The number of fused-ring (bicyclic) bond motifs is 1. The molecule has 1 aliphatic carbocycles. The van der Waals surface area contributed by atoms with Crippen molar-refractivity contribution in [3.63, 3.8) is 0 Å². The van der Waals surface area contributed by atoms with Gasteiger partial charge in [0, 0.05) is 5.39 Å². The van der Waals surface area contributed by atoms with Crippen molar-refractivity contribution in [2.24, 2.45) is 11.7 Å². The highest BCUT2D eigenvalue weighted by atomic mass is 19.4. The third-order valence-electron chi connectivity index (χ3n) is 7.33. The molecule has 206 valence electrons. The van der Waals surface area contributed by atoms with Crippen molar-refractivity contribution in [3.8, 4) is 6.07 Å². The lowest BCUT2D eigenvalue weighted by Crippen LogP contribution is -2.30. The van der Waals surface area contributed by atoms with Crippen molar-refractivity contribution >= 4 is 22.7 Å². The highest BCUT2D eigenvalue weighted by Gasteiger charge is 2.39. The molecule has 6 nitrogen and oxygen atoms in total. The van der Waals surface area contributed by atoms with Crippen LogP contribution >= 0.6 is 0 Å². The van der Waals surface area contributed by atoms with E-state index >= 15 is 0 Å². The number of alkyl halides is 3. The quantitative estimate of drug-likeness (QED) is 0.379. The number of nitrogens with one attached hydrogen (secondary N) is 1. The van der Waals surface area contributed by atoms with Gasteiger partial charge < -0.3 is 11.1 Å². The number of pyridine rings is 1. The number of para-hydroxylation sites is 1. The minimum Gasteiger partial charge on any atom is -0.364 e. The summed E-state index contributed by atoms with van der Waals surface area (Å²) in [5, 5.41) is 12.3. The van der Waals surface area contributed by atoms with Gasteiger partial charge in [-0.2, -0.15) is 18.4 Å². The third-order valence-corrected chi connectivity index (χ3v) is 7.33. The number of carbonyl (C=O) groups is 2. The summed E-state index contributed by atoms with van der Waals surface area (Å²) in [5.41, 5.74) is 5.87. The standard InChI is InChI=1S/C31H29F3N4O2/c1-18-20(15-19-11-13-21(14-12-19)30(2,3)17-35)7-6-9-24(31(32,33)34)27(18)38-29(40)23-16-26(28(36)39)37-25-10-5-4-8-22(23)25/h4-5,8-14,16,20H,6-7,15H2,1-3H3,(H2,36,39)(H,38,40). The van der Waals surface area contributed by atoms with Gasteiger partial charge in [-0.3, -0.25) is 9.59 Å². The summed E-state index contributed by atoms with van der Waals surface area (Å²) in [5.74, 6) is -1.93. The van der Waals surface area contributed by atoms with E-state index in [-0.39, 0.29) is 29.3 Å². The topological polar surface area (TPSA) is 109 Å². The number of nitrogens with two attached hydrogens (primary N) is 1. The van der Waals surface area contributed by atoms with Crippen molar-refractivity contribution in [2.45, 2.75) is 51.6 Å². The maximum absolute atomic E-state index is 14.2. The Bertz CT molecular complexity index is 1580. The number of allylic oxidation sites excluding steroid dienone is 3. The molecule has 2 aromatic carbocycles. The summed E-state index contributed by atoms with van der Waals surface area (Å²) < 4.78 is 42.6. The number of hydrogen-bond acceptors (Lipinski definition) is 4. The fourth-order valence-corrected chi connectivity index (χ4v) is 4.92. The van der Waals surface area contributed by atoms with Gasteiger partial charge in [0.1, 0.15) is 5.69 Å². The van der Waals surface area contributed by atoms with Crippen LogP contribution in [0.25, 0.3) is 10.9 Å². The van der Waals surface area contributed by atoms with E-state index in [2.05, 4.69) is 16.4 Å². The molecule has 0 aliphatic heterocycles. The molecule has 0 fully saturated rings. The molecule has 2 amide bonds. The van der Waals surface area contributed by atoms with E-state index in [1.54, 1.807) is 31.2 Å². The van der Waals surface area contributed by atoms with Gasteiger partial charge in [0.15, 0.2) is 0 Å². The van der Waals surface area contributed by atoms with E-state index in [4.69, 9.17) is 5.73 Å². The summed E-state index contributed by atoms with van der Waals surface area (Å²) in [6.45, 7) is 5.24. The number of carbonyl (C=O) groups excluding carboxylic acids is 2. The van der Waals surface area contributed by atoms with Crippen LogP contribution in [0.4, 0.5) is 13.2 Å². The van der Waals surface area contributed by atoms with Gasteiger partial charge in [-0.1, -0.05) is 48.5 Å². The molecule has 0 spiro atoms. The molecular weight excluding hydrogens is 517 g/mol. The average molecular weight is 547 g/mol. The van der Waals surface area contributed by atoms with Gasteiger partial charge in [0.05, 0.1) is 33.8 Å². The van der Waals surface area contributed by atoms with Crippen molar-refractivity contribution in [1.29, 1.82) is 5.26 Å². The average Bonchev–Trinajstić information content (AvgIpc) is 3.07. The van der Waals surface area contributed by atoms with E-state index < -0.39 is 29.0 Å². The number of primary amides is 1. The minimum absolute atomic E-state index is 0.00211. The fraction of sp³-hybridized carbons (Fsp3) is 0.290. The van der Waals surface area contributed by atoms with Crippen molar-refractivity contribution in [1.82, 2.24) is 10.3 Å². The van der Waals surface area contributed by atoms with Gasteiger partial charge in [0.25, 0.3) is 11.8 Å². The van der Waals surface area contributed by atoms with Crippen LogP contribution < -0.4 is 11.1 Å². The van der Waals surface area contributed by atoms with Crippen LogP contribution in [-0.2, 0) is 11.8 Å². The zero-order chi connectivity index (χ0) is 29.2. The zero-order valence-corrected chi connectivity index (χ0v) is 22.4. The number of rotatable bonds is 6.